The van der Waals surface area contributed by atoms with Crippen molar-refractivity contribution in [3.8, 4) is 5.75 Å². The highest BCUT2D eigenvalue weighted by atomic mass is 32.2. The second-order valence-corrected chi connectivity index (χ2v) is 5.13. The van der Waals surface area contributed by atoms with Crippen LogP contribution in [0.15, 0.2) is 29.3 Å². The number of rotatable bonds is 3. The number of aliphatic imine (C=N–C) groups is 1. The van der Waals surface area contributed by atoms with Gasteiger partial charge in [-0.25, -0.2) is 0 Å². The van der Waals surface area contributed by atoms with Crippen LogP contribution in [-0.2, 0) is 4.79 Å². The Hall–Kier alpha value is -1.49. The maximum atomic E-state index is 11.9. The van der Waals surface area contributed by atoms with Gasteiger partial charge in [-0.2, -0.15) is 0 Å². The average molecular weight is 264 g/mol. The number of thioether (sulfide) groups is 1. The molecule has 0 saturated heterocycles. The molecule has 96 valence electrons. The second kappa shape index (κ2) is 5.91. The van der Waals surface area contributed by atoms with Crippen molar-refractivity contribution in [1.82, 2.24) is 5.32 Å². The lowest BCUT2D eigenvalue weighted by Crippen LogP contribution is -2.38. The van der Waals surface area contributed by atoms with Crippen molar-refractivity contribution in [3.05, 3.63) is 29.8 Å². The molecule has 0 radical (unpaired) electrons. The van der Waals surface area contributed by atoms with Gasteiger partial charge >= 0.3 is 0 Å². The fourth-order valence-corrected chi connectivity index (χ4v) is 2.28. The summed E-state index contributed by atoms with van der Waals surface area (Å²) in [7, 11) is 0. The summed E-state index contributed by atoms with van der Waals surface area (Å²) in [6, 6.07) is 7.65. The Labute approximate surface area is 111 Å². The van der Waals surface area contributed by atoms with Crippen molar-refractivity contribution in [1.29, 1.82) is 0 Å². The lowest BCUT2D eigenvalue weighted by atomic mass is 10.2. The van der Waals surface area contributed by atoms with Gasteiger partial charge in [-0.15, -0.1) is 0 Å². The molecule has 0 fully saturated rings. The molecule has 0 aliphatic carbocycles. The monoisotopic (exact) mass is 264 g/mol. The topological polar surface area (TPSA) is 50.7 Å². The summed E-state index contributed by atoms with van der Waals surface area (Å²) in [6.45, 7) is 4.46. The maximum absolute atomic E-state index is 11.9. The number of aryl methyl sites for hydroxylation is 1. The van der Waals surface area contributed by atoms with Crippen molar-refractivity contribution in [2.75, 3.05) is 12.3 Å². The van der Waals surface area contributed by atoms with Crippen LogP contribution >= 0.6 is 11.8 Å². The number of amides is 1. The summed E-state index contributed by atoms with van der Waals surface area (Å²) in [5.74, 6) is 1.51. The lowest BCUT2D eigenvalue weighted by Gasteiger charge is -2.15. The van der Waals surface area contributed by atoms with Crippen molar-refractivity contribution in [2.24, 2.45) is 4.99 Å². The molecule has 1 atom stereocenters. The highest BCUT2D eigenvalue weighted by Gasteiger charge is 2.18. The standard InChI is InChI=1S/C13H16N2O2S/c1-9-5-3-4-6-11(9)17-10(2)12(16)15-13-14-7-8-18-13/h3-6,10H,7-8H2,1-2H3,(H,14,15,16)/t10-/m1/s1. The Morgan fingerprint density at radius 2 is 2.28 bits per heavy atom. The molecule has 5 heteroatoms. The third-order valence-corrected chi connectivity index (χ3v) is 3.47. The number of para-hydroxylation sites is 1. The molecule has 1 N–H and O–H groups in total. The van der Waals surface area contributed by atoms with E-state index in [2.05, 4.69) is 10.3 Å². The van der Waals surface area contributed by atoms with Crippen molar-refractivity contribution < 1.29 is 9.53 Å². The van der Waals surface area contributed by atoms with Crippen LogP contribution in [-0.4, -0.2) is 29.5 Å². The van der Waals surface area contributed by atoms with Crippen LogP contribution in [0, 0.1) is 6.92 Å². The van der Waals surface area contributed by atoms with Crippen molar-refractivity contribution >= 4 is 22.8 Å². The number of carbonyl (C=O) groups excluding carboxylic acids is 1. The van der Waals surface area contributed by atoms with Crippen molar-refractivity contribution in [2.45, 2.75) is 20.0 Å². The van der Waals surface area contributed by atoms with Gasteiger partial charge in [0, 0.05) is 5.75 Å². The molecule has 0 spiro atoms. The molecule has 0 saturated carbocycles. The number of hydrogen-bond acceptors (Lipinski definition) is 4. The van der Waals surface area contributed by atoms with Gasteiger partial charge in [0.25, 0.3) is 5.91 Å². The van der Waals surface area contributed by atoms with E-state index in [0.717, 1.165) is 23.6 Å². The largest absolute Gasteiger partial charge is 0.481 e. The van der Waals surface area contributed by atoms with E-state index in [-0.39, 0.29) is 5.91 Å². The van der Waals surface area contributed by atoms with Crippen LogP contribution in [0.25, 0.3) is 0 Å². The number of nitrogens with one attached hydrogen (secondary N) is 1. The van der Waals surface area contributed by atoms with E-state index in [4.69, 9.17) is 4.74 Å². The molecule has 1 heterocycles. The van der Waals surface area contributed by atoms with E-state index in [1.807, 2.05) is 31.2 Å². The highest BCUT2D eigenvalue weighted by molar-refractivity contribution is 8.14. The number of benzene rings is 1. The Morgan fingerprint density at radius 3 is 2.94 bits per heavy atom. The van der Waals surface area contributed by atoms with E-state index < -0.39 is 6.10 Å². The molecule has 0 unspecified atom stereocenters. The number of ether oxygens (including phenoxy) is 1. The molecular weight excluding hydrogens is 248 g/mol. The van der Waals surface area contributed by atoms with E-state index in [9.17, 15) is 4.79 Å². The van der Waals surface area contributed by atoms with E-state index in [1.54, 1.807) is 18.7 Å². The lowest BCUT2D eigenvalue weighted by molar-refractivity contribution is -0.125. The predicted molar refractivity (Wildman–Crippen MR) is 74.2 cm³/mol. The Kier molecular flexibility index (Phi) is 4.25. The molecule has 0 bridgehead atoms. The number of hydrogen-bond donors (Lipinski definition) is 1. The van der Waals surface area contributed by atoms with Gasteiger partial charge < -0.3 is 10.1 Å². The Morgan fingerprint density at radius 1 is 1.50 bits per heavy atom. The SMILES string of the molecule is Cc1ccccc1O[C@H](C)C(=O)NC1=NCCS1. The molecule has 2 rings (SSSR count). The summed E-state index contributed by atoms with van der Waals surface area (Å²) in [5, 5.41) is 3.46. The second-order valence-electron chi connectivity index (χ2n) is 4.05. The normalized spacial score (nSPS) is 16.0. The zero-order chi connectivity index (χ0) is 13.0. The van der Waals surface area contributed by atoms with Crippen LogP contribution in [0.1, 0.15) is 12.5 Å². The van der Waals surface area contributed by atoms with E-state index in [0.29, 0.717) is 5.17 Å². The van der Waals surface area contributed by atoms with Crippen LogP contribution in [0.3, 0.4) is 0 Å². The molecule has 1 aromatic carbocycles. The van der Waals surface area contributed by atoms with Gasteiger partial charge in [0.1, 0.15) is 5.75 Å². The number of carbonyl (C=O) groups is 1. The van der Waals surface area contributed by atoms with Gasteiger partial charge in [0.05, 0.1) is 6.54 Å². The summed E-state index contributed by atoms with van der Waals surface area (Å²) >= 11 is 1.56. The minimum atomic E-state index is -0.532. The molecular formula is C13H16N2O2S. The van der Waals surface area contributed by atoms with Crippen LogP contribution in [0.2, 0.25) is 0 Å². The molecule has 1 aliphatic rings. The minimum Gasteiger partial charge on any atom is -0.481 e. The Balaban J connectivity index is 1.93. The highest BCUT2D eigenvalue weighted by Crippen LogP contribution is 2.18. The fourth-order valence-electron chi connectivity index (χ4n) is 1.55. The van der Waals surface area contributed by atoms with Crippen LogP contribution in [0.4, 0.5) is 0 Å². The zero-order valence-electron chi connectivity index (χ0n) is 10.5. The first-order valence-corrected chi connectivity index (χ1v) is 6.86. The fraction of sp³-hybridized carbons (Fsp3) is 0.385. The van der Waals surface area contributed by atoms with E-state index >= 15 is 0 Å². The first kappa shape index (κ1) is 13.0. The van der Waals surface area contributed by atoms with Crippen molar-refractivity contribution in [3.63, 3.8) is 0 Å². The van der Waals surface area contributed by atoms with E-state index in [1.165, 1.54) is 0 Å². The number of nitrogens with zero attached hydrogens (tertiary/aromatic N) is 1. The molecule has 18 heavy (non-hydrogen) atoms. The smallest absolute Gasteiger partial charge is 0.266 e. The third kappa shape index (κ3) is 3.26. The zero-order valence-corrected chi connectivity index (χ0v) is 11.3. The summed E-state index contributed by atoms with van der Waals surface area (Å²) in [4.78, 5) is 16.1. The van der Waals surface area contributed by atoms with Gasteiger partial charge in [-0.3, -0.25) is 9.79 Å². The van der Waals surface area contributed by atoms with Crippen LogP contribution in [0.5, 0.6) is 5.75 Å². The van der Waals surface area contributed by atoms with Gasteiger partial charge in [-0.1, -0.05) is 30.0 Å². The first-order valence-electron chi connectivity index (χ1n) is 5.87. The minimum absolute atomic E-state index is 0.161. The van der Waals surface area contributed by atoms with Gasteiger partial charge in [0.15, 0.2) is 11.3 Å². The summed E-state index contributed by atoms with van der Waals surface area (Å²) < 4.78 is 5.64. The van der Waals surface area contributed by atoms with Crippen LogP contribution < -0.4 is 10.1 Å². The first-order chi connectivity index (χ1) is 8.66. The quantitative estimate of drug-likeness (QED) is 0.908. The third-order valence-electron chi connectivity index (χ3n) is 2.58. The predicted octanol–water partition coefficient (Wildman–Crippen LogP) is 1.98. The average Bonchev–Trinajstić information content (AvgIpc) is 2.84. The number of amidine groups is 1. The summed E-state index contributed by atoms with van der Waals surface area (Å²) in [5.41, 5.74) is 1.02. The Bertz CT molecular complexity index is 474. The molecule has 0 aromatic heterocycles. The maximum Gasteiger partial charge on any atom is 0.266 e. The molecule has 4 nitrogen and oxygen atoms in total. The van der Waals surface area contributed by atoms with Gasteiger partial charge in [-0.05, 0) is 25.5 Å². The van der Waals surface area contributed by atoms with Gasteiger partial charge in [0.2, 0.25) is 0 Å². The summed E-state index contributed by atoms with van der Waals surface area (Å²) in [6.07, 6.45) is -0.532. The molecule has 1 aromatic rings. The molecule has 1 aliphatic heterocycles. The molecule has 1 amide bonds.